The molecule has 2 amide bonds. The fraction of sp³-hybridized carbons (Fsp3) is 0.656. The zero-order valence-electron chi connectivity index (χ0n) is 24.8. The number of benzene rings is 1. The average molecular weight is 566 g/mol. The normalized spacial score (nSPS) is 23.5. The highest BCUT2D eigenvalue weighted by atomic mass is 16.6. The number of carbonyl (C=O) groups excluding carboxylic acids is 2. The van der Waals surface area contributed by atoms with Crippen molar-refractivity contribution in [3.05, 3.63) is 30.6 Å². The van der Waals surface area contributed by atoms with Crippen molar-refractivity contribution in [3.63, 3.8) is 0 Å². The predicted octanol–water partition coefficient (Wildman–Crippen LogP) is 5.85. The summed E-state index contributed by atoms with van der Waals surface area (Å²) in [6.45, 7) is 5.17. The maximum atomic E-state index is 14.1. The number of amides is 2. The fourth-order valence-electron chi connectivity index (χ4n) is 7.20. The highest BCUT2D eigenvalue weighted by molar-refractivity contribution is 6.03. The van der Waals surface area contributed by atoms with E-state index in [0.717, 1.165) is 43.4 Å². The summed E-state index contributed by atoms with van der Waals surface area (Å²) in [7, 11) is 0. The van der Waals surface area contributed by atoms with Gasteiger partial charge in [-0.25, -0.2) is 4.79 Å². The van der Waals surface area contributed by atoms with E-state index < -0.39 is 0 Å². The van der Waals surface area contributed by atoms with Crippen LogP contribution >= 0.6 is 0 Å². The number of piperidine rings is 1. The molecular formula is C32H47N5O4. The number of aliphatic hydroxyl groups excluding tert-OH is 1. The van der Waals surface area contributed by atoms with Gasteiger partial charge in [0.15, 0.2) is 6.23 Å². The molecule has 2 atom stereocenters. The zero-order chi connectivity index (χ0) is 28.8. The van der Waals surface area contributed by atoms with E-state index in [1.165, 1.54) is 51.4 Å². The summed E-state index contributed by atoms with van der Waals surface area (Å²) in [5.74, 6) is -0.0550. The van der Waals surface area contributed by atoms with Gasteiger partial charge < -0.3 is 14.7 Å². The van der Waals surface area contributed by atoms with Crippen molar-refractivity contribution in [2.45, 2.75) is 110 Å². The van der Waals surface area contributed by atoms with Gasteiger partial charge in [-0.1, -0.05) is 57.4 Å². The van der Waals surface area contributed by atoms with Gasteiger partial charge in [0.25, 0.3) is 0 Å². The zero-order valence-corrected chi connectivity index (χ0v) is 24.8. The molecule has 3 heterocycles. The largest absolute Gasteiger partial charge is 0.429 e. The van der Waals surface area contributed by atoms with Crippen molar-refractivity contribution in [2.75, 3.05) is 29.5 Å². The molecule has 9 nitrogen and oxygen atoms in total. The van der Waals surface area contributed by atoms with Gasteiger partial charge in [0, 0.05) is 30.6 Å². The molecule has 1 unspecified atom stereocenters. The monoisotopic (exact) mass is 565 g/mol. The van der Waals surface area contributed by atoms with Crippen molar-refractivity contribution < 1.29 is 19.4 Å². The minimum atomic E-state index is -0.359. The van der Waals surface area contributed by atoms with E-state index in [1.807, 2.05) is 31.3 Å². The molecule has 0 radical (unpaired) electrons. The lowest BCUT2D eigenvalue weighted by molar-refractivity contribution is -0.117. The Morgan fingerprint density at radius 3 is 2.37 bits per heavy atom. The van der Waals surface area contributed by atoms with Gasteiger partial charge >= 0.3 is 6.09 Å². The molecule has 224 valence electrons. The molecule has 2 aromatic rings. The maximum Gasteiger partial charge on any atom is 0.416 e. The molecule has 9 heteroatoms. The number of aliphatic hydroxyl groups is 1. The molecule has 2 aliphatic heterocycles. The molecule has 1 saturated carbocycles. The number of hydrogen-bond acceptors (Lipinski definition) is 6. The van der Waals surface area contributed by atoms with Crippen molar-refractivity contribution in [2.24, 2.45) is 5.41 Å². The van der Waals surface area contributed by atoms with Crippen LogP contribution in [0.2, 0.25) is 0 Å². The van der Waals surface area contributed by atoms with Crippen LogP contribution in [0.4, 0.5) is 16.2 Å². The van der Waals surface area contributed by atoms with Crippen LogP contribution in [0.1, 0.15) is 90.9 Å². The standard InChI is InChI=1S/C32H47N5O4/c1-24-22-36(29-20-26(12-13-28(29)37(24)25(2)39)27-21-34-35(23-27)18-19-38)31(40)41-30-32(16-11-17-33-30)14-9-7-5-3-4-6-8-10-15-32/h12-13,20-21,23-24,30,33,38H,3-11,14-19,22H2,1-2H3/t24-,30?/m0/s1. The van der Waals surface area contributed by atoms with Gasteiger partial charge in [-0.2, -0.15) is 5.10 Å². The molecule has 1 spiro atoms. The van der Waals surface area contributed by atoms with Crippen molar-refractivity contribution in [1.29, 1.82) is 0 Å². The van der Waals surface area contributed by atoms with Gasteiger partial charge in [-0.05, 0) is 56.8 Å². The first-order valence-electron chi connectivity index (χ1n) is 15.7. The van der Waals surface area contributed by atoms with E-state index in [0.29, 0.717) is 24.5 Å². The smallest absolute Gasteiger partial charge is 0.416 e. The van der Waals surface area contributed by atoms with E-state index in [1.54, 1.807) is 27.6 Å². The Kier molecular flexibility index (Phi) is 9.65. The fourth-order valence-corrected chi connectivity index (χ4v) is 7.20. The Labute approximate surface area is 244 Å². The molecule has 2 N–H and O–H groups in total. The minimum absolute atomic E-state index is 0.00702. The second kappa shape index (κ2) is 13.4. The van der Waals surface area contributed by atoms with Crippen LogP contribution in [0.25, 0.3) is 11.1 Å². The van der Waals surface area contributed by atoms with E-state index in [-0.39, 0.29) is 36.3 Å². The summed E-state index contributed by atoms with van der Waals surface area (Å²) >= 11 is 0. The number of hydrogen-bond donors (Lipinski definition) is 2. The summed E-state index contributed by atoms with van der Waals surface area (Å²) in [6, 6.07) is 5.64. The molecule has 0 bridgehead atoms. The van der Waals surface area contributed by atoms with Crippen LogP contribution in [0.5, 0.6) is 0 Å². The number of nitrogens with zero attached hydrogens (tertiary/aromatic N) is 4. The summed E-state index contributed by atoms with van der Waals surface area (Å²) in [5.41, 5.74) is 3.12. The quantitative estimate of drug-likeness (QED) is 0.482. The van der Waals surface area contributed by atoms with Gasteiger partial charge in [-0.3, -0.25) is 19.7 Å². The Morgan fingerprint density at radius 1 is 1.00 bits per heavy atom. The molecule has 1 aromatic heterocycles. The number of fused-ring (bicyclic) bond motifs is 1. The second-order valence-corrected chi connectivity index (χ2v) is 12.3. The molecule has 1 aromatic carbocycles. The Hall–Kier alpha value is -2.91. The van der Waals surface area contributed by atoms with Crippen LogP contribution in [-0.4, -0.2) is 58.9 Å². The highest BCUT2D eigenvalue weighted by Gasteiger charge is 2.44. The van der Waals surface area contributed by atoms with E-state index in [9.17, 15) is 14.7 Å². The molecule has 2 fully saturated rings. The lowest BCUT2D eigenvalue weighted by atomic mass is 9.71. The van der Waals surface area contributed by atoms with Crippen LogP contribution in [-0.2, 0) is 16.1 Å². The predicted molar refractivity (Wildman–Crippen MR) is 161 cm³/mol. The number of nitrogens with one attached hydrogen (secondary N) is 1. The highest BCUT2D eigenvalue weighted by Crippen LogP contribution is 2.44. The number of rotatable bonds is 4. The Morgan fingerprint density at radius 2 is 1.68 bits per heavy atom. The van der Waals surface area contributed by atoms with Crippen LogP contribution in [0.3, 0.4) is 0 Å². The Bertz CT molecular complexity index is 1180. The summed E-state index contributed by atoms with van der Waals surface area (Å²) in [4.78, 5) is 30.2. The van der Waals surface area contributed by atoms with E-state index in [2.05, 4.69) is 10.4 Å². The van der Waals surface area contributed by atoms with Crippen molar-refractivity contribution >= 4 is 23.4 Å². The average Bonchev–Trinajstić information content (AvgIpc) is 3.41. The molecule has 1 aliphatic carbocycles. The first-order chi connectivity index (χ1) is 19.9. The number of anilines is 2. The number of carbonyl (C=O) groups is 2. The molecule has 3 aliphatic rings. The number of aromatic nitrogens is 2. The topological polar surface area (TPSA) is 99.9 Å². The van der Waals surface area contributed by atoms with Crippen LogP contribution < -0.4 is 15.1 Å². The van der Waals surface area contributed by atoms with E-state index >= 15 is 0 Å². The van der Waals surface area contributed by atoms with E-state index in [4.69, 9.17) is 4.74 Å². The first kappa shape index (κ1) is 29.6. The third-order valence-corrected chi connectivity index (χ3v) is 9.32. The molecular weight excluding hydrogens is 518 g/mol. The summed E-state index contributed by atoms with van der Waals surface area (Å²) < 4.78 is 8.13. The SMILES string of the molecule is CC(=O)N1c2ccc(-c3cnn(CCO)c3)cc2N(C(=O)OC2NCCCC23CCCCCCCCCC3)C[C@@H]1C. The number of ether oxygens (including phenoxy) is 1. The minimum Gasteiger partial charge on any atom is -0.429 e. The first-order valence-corrected chi connectivity index (χ1v) is 15.7. The summed E-state index contributed by atoms with van der Waals surface area (Å²) in [6.07, 6.45) is 17.5. The second-order valence-electron chi connectivity index (χ2n) is 12.3. The third kappa shape index (κ3) is 6.61. The van der Waals surface area contributed by atoms with Crippen molar-refractivity contribution in [1.82, 2.24) is 15.1 Å². The third-order valence-electron chi connectivity index (χ3n) is 9.32. The van der Waals surface area contributed by atoms with Gasteiger partial charge in [0.05, 0.1) is 36.8 Å². The lowest BCUT2D eigenvalue weighted by Crippen LogP contribution is -2.56. The van der Waals surface area contributed by atoms with Crippen molar-refractivity contribution in [3.8, 4) is 11.1 Å². The maximum absolute atomic E-state index is 14.1. The van der Waals surface area contributed by atoms with Gasteiger partial charge in [-0.15, -0.1) is 0 Å². The lowest BCUT2D eigenvalue weighted by Gasteiger charge is -2.46. The van der Waals surface area contributed by atoms with Gasteiger partial charge in [0.1, 0.15) is 0 Å². The molecule has 1 saturated heterocycles. The van der Waals surface area contributed by atoms with Crippen LogP contribution in [0, 0.1) is 5.41 Å². The Balaban J connectivity index is 1.43. The van der Waals surface area contributed by atoms with Gasteiger partial charge in [0.2, 0.25) is 5.91 Å². The van der Waals surface area contributed by atoms with Crippen LogP contribution in [0.15, 0.2) is 30.6 Å². The molecule has 41 heavy (non-hydrogen) atoms. The summed E-state index contributed by atoms with van der Waals surface area (Å²) in [5, 5.41) is 17.2. The molecule has 5 rings (SSSR count).